The Morgan fingerprint density at radius 3 is 2.59 bits per heavy atom. The van der Waals surface area contributed by atoms with Crippen LogP contribution in [-0.2, 0) is 13.1 Å². The van der Waals surface area contributed by atoms with Crippen molar-refractivity contribution in [3.63, 3.8) is 0 Å². The summed E-state index contributed by atoms with van der Waals surface area (Å²) in [7, 11) is 0. The fourth-order valence-corrected chi connectivity index (χ4v) is 6.64. The first-order chi connectivity index (χ1) is 21.2. The van der Waals surface area contributed by atoms with E-state index in [-0.39, 0.29) is 24.6 Å². The van der Waals surface area contributed by atoms with E-state index in [0.717, 1.165) is 31.5 Å². The molecule has 4 aromatic rings. The number of fused-ring (bicyclic) bond motifs is 2. The minimum Gasteiger partial charge on any atom is -0.485 e. The molecule has 0 spiro atoms. The molecule has 3 aromatic carbocycles. The van der Waals surface area contributed by atoms with Gasteiger partial charge in [-0.3, -0.25) is 4.90 Å². The Labute approximate surface area is 257 Å². The summed E-state index contributed by atoms with van der Waals surface area (Å²) >= 11 is 5.94. The Balaban J connectivity index is 1.09. The summed E-state index contributed by atoms with van der Waals surface area (Å²) in [6.07, 6.45) is -0.531. The zero-order chi connectivity index (χ0) is 30.6. The van der Waals surface area contributed by atoms with Crippen LogP contribution in [0, 0.1) is 11.2 Å². The number of carboxylic acids is 1. The number of alkyl halides is 2. The quantitative estimate of drug-likeness (QED) is 0.219. The number of aromatic carboxylic acids is 1. The van der Waals surface area contributed by atoms with Crippen LogP contribution in [0.25, 0.3) is 11.0 Å². The van der Waals surface area contributed by atoms with Crippen LogP contribution in [0.3, 0.4) is 0 Å². The smallest absolute Gasteiger partial charge is 0.335 e. The molecule has 3 aliphatic rings. The van der Waals surface area contributed by atoms with Crippen molar-refractivity contribution in [1.29, 1.82) is 0 Å². The third kappa shape index (κ3) is 5.38. The maximum atomic E-state index is 14.7. The van der Waals surface area contributed by atoms with Gasteiger partial charge >= 0.3 is 5.97 Å². The Hall–Kier alpha value is -3.76. The number of piperidine rings is 1. The zero-order valence-corrected chi connectivity index (χ0v) is 24.6. The predicted octanol–water partition coefficient (Wildman–Crippen LogP) is 7.46. The first-order valence-corrected chi connectivity index (χ1v) is 15.2. The Bertz CT molecular complexity index is 1730. The summed E-state index contributed by atoms with van der Waals surface area (Å²) in [5.41, 5.74) is 1.60. The van der Waals surface area contributed by atoms with E-state index in [0.29, 0.717) is 58.3 Å². The van der Waals surface area contributed by atoms with E-state index in [1.807, 2.05) is 22.8 Å². The third-order valence-corrected chi connectivity index (χ3v) is 9.50. The number of hydrogen-bond donors (Lipinski definition) is 1. The number of rotatable bonds is 8. The number of aromatic nitrogens is 2. The van der Waals surface area contributed by atoms with E-state index < -0.39 is 29.7 Å². The Morgan fingerprint density at radius 2 is 1.89 bits per heavy atom. The van der Waals surface area contributed by atoms with Gasteiger partial charge in [0.1, 0.15) is 18.2 Å². The SMILES string of the molecule is O=C(O)c1ccc2nc(CN3CCC(c4cccc5c4OC(c4ccc(Cl)cc4F)CO5)CC3)n(CC3(C(F)F)CC3)c2c1. The number of hydrogen-bond acceptors (Lipinski definition) is 5. The molecular formula is C33H31ClF3N3O4. The van der Waals surface area contributed by atoms with Crippen LogP contribution < -0.4 is 9.47 Å². The van der Waals surface area contributed by atoms with Crippen molar-refractivity contribution >= 4 is 28.6 Å². The maximum absolute atomic E-state index is 14.7. The molecule has 1 atom stereocenters. The van der Waals surface area contributed by atoms with Gasteiger partial charge < -0.3 is 19.1 Å². The highest BCUT2D eigenvalue weighted by molar-refractivity contribution is 6.30. The van der Waals surface area contributed by atoms with Crippen molar-refractivity contribution in [2.75, 3.05) is 19.7 Å². The highest BCUT2D eigenvalue weighted by atomic mass is 35.5. The van der Waals surface area contributed by atoms with Gasteiger partial charge in [0.2, 0.25) is 6.43 Å². The highest BCUT2D eigenvalue weighted by Crippen LogP contribution is 2.52. The van der Waals surface area contributed by atoms with Crippen molar-refractivity contribution < 1.29 is 32.5 Å². The van der Waals surface area contributed by atoms with Crippen LogP contribution in [0.2, 0.25) is 5.02 Å². The van der Waals surface area contributed by atoms with Crippen LogP contribution in [-0.4, -0.2) is 51.6 Å². The van der Waals surface area contributed by atoms with Crippen LogP contribution in [0.15, 0.2) is 54.6 Å². The molecule has 1 unspecified atom stereocenters. The summed E-state index contributed by atoms with van der Waals surface area (Å²) in [6, 6.07) is 15.0. The van der Waals surface area contributed by atoms with Gasteiger partial charge in [-0.1, -0.05) is 29.8 Å². The van der Waals surface area contributed by atoms with Crippen molar-refractivity contribution in [2.24, 2.45) is 5.41 Å². The number of carboxylic acid groups (broad SMARTS) is 1. The number of benzene rings is 3. The normalized spacial score (nSPS) is 19.9. The Morgan fingerprint density at radius 1 is 1.09 bits per heavy atom. The average Bonchev–Trinajstić information content (AvgIpc) is 3.73. The van der Waals surface area contributed by atoms with Crippen LogP contribution in [0.1, 0.15) is 65.0 Å². The number of carbonyl (C=O) groups is 1. The van der Waals surface area contributed by atoms with E-state index in [4.69, 9.17) is 26.1 Å². The van der Waals surface area contributed by atoms with Gasteiger partial charge in [-0.2, -0.15) is 0 Å². The monoisotopic (exact) mass is 625 g/mol. The topological polar surface area (TPSA) is 76.8 Å². The number of imidazole rings is 1. The fraction of sp³-hybridized carbons (Fsp3) is 0.394. The number of likely N-dealkylation sites (tertiary alicyclic amines) is 1. The lowest BCUT2D eigenvalue weighted by molar-refractivity contribution is 0.0508. The number of nitrogens with zero attached hydrogens (tertiary/aromatic N) is 3. The van der Waals surface area contributed by atoms with E-state index in [2.05, 4.69) is 4.90 Å². The summed E-state index contributed by atoms with van der Waals surface area (Å²) in [6.45, 7) is 2.25. The standard InChI is InChI=1S/C33H31ClF3N3O4/c34-21-5-6-23(24(35)15-21)28-17-43-27-3-1-2-22(30(27)44-28)19-8-12-39(13-9-19)16-29-38-25-7-4-20(31(41)42)14-26(25)40(29)18-33(10-11-33)32(36)37/h1-7,14-15,19,28,32H,8-13,16-18H2,(H,41,42). The summed E-state index contributed by atoms with van der Waals surface area (Å²) in [5, 5.41) is 9.84. The van der Waals surface area contributed by atoms with E-state index in [1.54, 1.807) is 18.2 Å². The third-order valence-electron chi connectivity index (χ3n) is 9.26. The summed E-state index contributed by atoms with van der Waals surface area (Å²) in [5.74, 6) is 0.609. The molecule has 230 valence electrons. The lowest BCUT2D eigenvalue weighted by atomic mass is 9.88. The second-order valence-electron chi connectivity index (χ2n) is 12.1. The molecule has 0 amide bonds. The lowest BCUT2D eigenvalue weighted by Crippen LogP contribution is -2.34. The van der Waals surface area contributed by atoms with Gasteiger partial charge in [0.15, 0.2) is 17.6 Å². The van der Waals surface area contributed by atoms with Crippen LogP contribution >= 0.6 is 11.6 Å². The summed E-state index contributed by atoms with van der Waals surface area (Å²) < 4.78 is 56.8. The van der Waals surface area contributed by atoms with Crippen molar-refractivity contribution in [3.05, 3.63) is 88.0 Å². The maximum Gasteiger partial charge on any atom is 0.335 e. The second kappa shape index (κ2) is 11.3. The number of halogens is 4. The van der Waals surface area contributed by atoms with Crippen molar-refractivity contribution in [1.82, 2.24) is 14.5 Å². The molecule has 0 radical (unpaired) electrons. The second-order valence-corrected chi connectivity index (χ2v) is 12.5. The molecule has 1 saturated carbocycles. The molecule has 2 aliphatic heterocycles. The van der Waals surface area contributed by atoms with E-state index >= 15 is 0 Å². The molecule has 44 heavy (non-hydrogen) atoms. The van der Waals surface area contributed by atoms with Crippen molar-refractivity contribution in [2.45, 2.75) is 57.2 Å². The van der Waals surface area contributed by atoms with Gasteiger partial charge in [0, 0.05) is 28.1 Å². The fourth-order valence-electron chi connectivity index (χ4n) is 6.48. The minimum absolute atomic E-state index is 0.103. The van der Waals surface area contributed by atoms with E-state index in [9.17, 15) is 23.1 Å². The zero-order valence-electron chi connectivity index (χ0n) is 23.8. The molecule has 11 heteroatoms. The summed E-state index contributed by atoms with van der Waals surface area (Å²) in [4.78, 5) is 18.7. The van der Waals surface area contributed by atoms with Gasteiger partial charge in [0.25, 0.3) is 0 Å². The molecule has 7 rings (SSSR count). The molecule has 0 bridgehead atoms. The largest absolute Gasteiger partial charge is 0.485 e. The minimum atomic E-state index is -2.45. The average molecular weight is 626 g/mol. The highest BCUT2D eigenvalue weighted by Gasteiger charge is 2.51. The van der Waals surface area contributed by atoms with Crippen molar-refractivity contribution in [3.8, 4) is 11.5 Å². The van der Waals surface area contributed by atoms with Gasteiger partial charge in [-0.15, -0.1) is 0 Å². The number of para-hydroxylation sites is 1. The first-order valence-electron chi connectivity index (χ1n) is 14.8. The molecule has 1 aromatic heterocycles. The van der Waals surface area contributed by atoms with Gasteiger partial charge in [-0.25, -0.2) is 22.9 Å². The number of ether oxygens (including phenoxy) is 2. The molecule has 1 aliphatic carbocycles. The van der Waals surface area contributed by atoms with Gasteiger partial charge in [-0.05, 0) is 81.1 Å². The Kier molecular flexibility index (Phi) is 7.45. The predicted molar refractivity (Wildman–Crippen MR) is 158 cm³/mol. The van der Waals surface area contributed by atoms with Crippen LogP contribution in [0.5, 0.6) is 11.5 Å². The lowest BCUT2D eigenvalue weighted by Gasteiger charge is -2.35. The van der Waals surface area contributed by atoms with Gasteiger partial charge in [0.05, 0.1) is 23.1 Å². The molecule has 1 saturated heterocycles. The molecule has 2 fully saturated rings. The van der Waals surface area contributed by atoms with Crippen LogP contribution in [0.4, 0.5) is 13.2 Å². The first kappa shape index (κ1) is 29.0. The van der Waals surface area contributed by atoms with E-state index in [1.165, 1.54) is 18.2 Å². The molecule has 1 N–H and O–H groups in total. The molecule has 7 nitrogen and oxygen atoms in total. The molecule has 3 heterocycles. The molecular weight excluding hydrogens is 595 g/mol.